The van der Waals surface area contributed by atoms with Crippen molar-refractivity contribution in [3.63, 3.8) is 0 Å². The molecule has 1 N–H and O–H groups in total. The van der Waals surface area contributed by atoms with Crippen molar-refractivity contribution in [3.05, 3.63) is 137 Å². The standard InChI is InChI=1S/C42H32N2S/c1-5-13-28-29-18-12-17-27(41(29)45-36(28)6-2)25-20-22-34-32(24-25)37-35(43-34)23-21-31-38-40(30-16-10-11-19-33(30)42(38,3)4)44(39(31)37)26-14-8-7-9-15-26/h5-24,43H,2H2,1,3-4H3/b13-5-. The quantitative estimate of drug-likeness (QED) is 0.209. The lowest BCUT2D eigenvalue weighted by molar-refractivity contribution is 0.666. The number of aromatic amines is 1. The molecule has 0 atom stereocenters. The number of rotatable bonds is 4. The Morgan fingerprint density at radius 2 is 1.56 bits per heavy atom. The van der Waals surface area contributed by atoms with Crippen molar-refractivity contribution >= 4 is 66.3 Å². The molecule has 3 heterocycles. The Balaban J connectivity index is 1.40. The molecule has 0 spiro atoms. The van der Waals surface area contributed by atoms with Crippen LogP contribution >= 0.6 is 11.3 Å². The molecule has 8 aromatic rings. The van der Waals surface area contributed by atoms with Gasteiger partial charge in [0.1, 0.15) is 0 Å². The number of allylic oxidation sites excluding steroid dienone is 1. The highest BCUT2D eigenvalue weighted by atomic mass is 32.1. The van der Waals surface area contributed by atoms with Crippen LogP contribution in [0.4, 0.5) is 0 Å². The molecular formula is C42H32N2S. The summed E-state index contributed by atoms with van der Waals surface area (Å²) in [5, 5.41) is 5.12. The van der Waals surface area contributed by atoms with Crippen molar-refractivity contribution < 1.29 is 0 Å². The van der Waals surface area contributed by atoms with Gasteiger partial charge in [-0.2, -0.15) is 0 Å². The molecule has 5 aromatic carbocycles. The van der Waals surface area contributed by atoms with Gasteiger partial charge in [0.25, 0.3) is 0 Å². The molecule has 0 bridgehead atoms. The first-order valence-electron chi connectivity index (χ1n) is 15.6. The molecule has 0 unspecified atom stereocenters. The molecule has 2 nitrogen and oxygen atoms in total. The van der Waals surface area contributed by atoms with Gasteiger partial charge in [0, 0.05) is 58.8 Å². The van der Waals surface area contributed by atoms with E-state index in [-0.39, 0.29) is 5.41 Å². The molecule has 216 valence electrons. The summed E-state index contributed by atoms with van der Waals surface area (Å²) in [5.74, 6) is 0. The second-order valence-electron chi connectivity index (χ2n) is 12.6. The van der Waals surface area contributed by atoms with Gasteiger partial charge < -0.3 is 9.55 Å². The van der Waals surface area contributed by atoms with E-state index in [1.165, 1.54) is 81.4 Å². The fourth-order valence-electron chi connectivity index (χ4n) is 7.89. The maximum atomic E-state index is 4.12. The fraction of sp³-hybridized carbons (Fsp3) is 0.0952. The number of H-pyrrole nitrogens is 1. The Morgan fingerprint density at radius 1 is 0.778 bits per heavy atom. The molecule has 0 amide bonds. The van der Waals surface area contributed by atoms with E-state index in [4.69, 9.17) is 0 Å². The van der Waals surface area contributed by atoms with E-state index in [0.717, 1.165) is 11.0 Å². The first-order chi connectivity index (χ1) is 22.0. The van der Waals surface area contributed by atoms with Crippen LogP contribution in [0.15, 0.2) is 116 Å². The Kier molecular flexibility index (Phi) is 5.52. The van der Waals surface area contributed by atoms with Gasteiger partial charge in [-0.1, -0.05) is 111 Å². The first-order valence-corrected chi connectivity index (χ1v) is 16.4. The summed E-state index contributed by atoms with van der Waals surface area (Å²) in [6.07, 6.45) is 6.30. The highest BCUT2D eigenvalue weighted by Gasteiger charge is 2.41. The van der Waals surface area contributed by atoms with E-state index in [1.54, 1.807) is 0 Å². The lowest BCUT2D eigenvalue weighted by Gasteiger charge is -2.21. The number of hydrogen-bond donors (Lipinski definition) is 1. The number of para-hydroxylation sites is 1. The summed E-state index contributed by atoms with van der Waals surface area (Å²) < 4.78 is 3.83. The Hall–Kier alpha value is -5.12. The minimum Gasteiger partial charge on any atom is -0.354 e. The molecule has 45 heavy (non-hydrogen) atoms. The summed E-state index contributed by atoms with van der Waals surface area (Å²) >= 11 is 1.83. The topological polar surface area (TPSA) is 20.7 Å². The molecule has 3 heteroatoms. The fourth-order valence-corrected chi connectivity index (χ4v) is 9.07. The van der Waals surface area contributed by atoms with Gasteiger partial charge in [0.15, 0.2) is 0 Å². The summed E-state index contributed by atoms with van der Waals surface area (Å²) in [5.41, 5.74) is 13.8. The lowest BCUT2D eigenvalue weighted by atomic mass is 9.81. The van der Waals surface area contributed by atoms with Gasteiger partial charge in [-0.3, -0.25) is 0 Å². The van der Waals surface area contributed by atoms with Crippen molar-refractivity contribution in [2.75, 3.05) is 0 Å². The number of aromatic nitrogens is 2. The maximum Gasteiger partial charge on any atom is 0.0638 e. The minimum atomic E-state index is -0.114. The van der Waals surface area contributed by atoms with Crippen molar-refractivity contribution in [1.29, 1.82) is 0 Å². The van der Waals surface area contributed by atoms with E-state index >= 15 is 0 Å². The van der Waals surface area contributed by atoms with Crippen molar-refractivity contribution in [2.24, 2.45) is 0 Å². The van der Waals surface area contributed by atoms with Gasteiger partial charge >= 0.3 is 0 Å². The summed E-state index contributed by atoms with van der Waals surface area (Å²) in [4.78, 5) is 4.99. The zero-order chi connectivity index (χ0) is 30.4. The van der Waals surface area contributed by atoms with Gasteiger partial charge in [0.05, 0.1) is 11.2 Å². The van der Waals surface area contributed by atoms with Crippen LogP contribution in [-0.4, -0.2) is 9.55 Å². The van der Waals surface area contributed by atoms with E-state index in [9.17, 15) is 0 Å². The number of nitrogens with one attached hydrogen (secondary N) is 1. The number of nitrogens with zero attached hydrogens (tertiary/aromatic N) is 1. The van der Waals surface area contributed by atoms with Crippen LogP contribution in [0.1, 0.15) is 42.3 Å². The van der Waals surface area contributed by atoms with Crippen LogP contribution in [-0.2, 0) is 5.41 Å². The SMILES string of the molecule is C=Cc1sc2c(-c3ccc4[nH]c5ccc6c7c(n(-c8ccccc8)c6c5c4c3)-c3ccccc3C7(C)C)cccc2c1/C=C\C. The minimum absolute atomic E-state index is 0.114. The molecule has 1 aliphatic carbocycles. The maximum absolute atomic E-state index is 4.12. The Labute approximate surface area is 266 Å². The Bertz CT molecular complexity index is 2530. The molecule has 9 rings (SSSR count). The second kappa shape index (κ2) is 9.44. The van der Waals surface area contributed by atoms with Crippen LogP contribution < -0.4 is 0 Å². The van der Waals surface area contributed by atoms with Gasteiger partial charge in [-0.15, -0.1) is 11.3 Å². The van der Waals surface area contributed by atoms with Crippen molar-refractivity contribution in [1.82, 2.24) is 9.55 Å². The molecule has 0 radical (unpaired) electrons. The Morgan fingerprint density at radius 3 is 2.38 bits per heavy atom. The summed E-state index contributed by atoms with van der Waals surface area (Å²) in [7, 11) is 0. The van der Waals surface area contributed by atoms with Crippen molar-refractivity contribution in [2.45, 2.75) is 26.2 Å². The van der Waals surface area contributed by atoms with E-state index in [2.05, 4.69) is 152 Å². The first kappa shape index (κ1) is 26.3. The van der Waals surface area contributed by atoms with Gasteiger partial charge in [0.2, 0.25) is 0 Å². The average Bonchev–Trinajstić information content (AvgIpc) is 3.79. The zero-order valence-electron chi connectivity index (χ0n) is 25.6. The van der Waals surface area contributed by atoms with Gasteiger partial charge in [-0.05, 0) is 65.1 Å². The van der Waals surface area contributed by atoms with E-state index < -0.39 is 0 Å². The molecule has 0 saturated heterocycles. The van der Waals surface area contributed by atoms with Crippen molar-refractivity contribution in [3.8, 4) is 28.1 Å². The largest absolute Gasteiger partial charge is 0.354 e. The predicted octanol–water partition coefficient (Wildman–Crippen LogP) is 12.1. The number of fused-ring (bicyclic) bond motifs is 10. The van der Waals surface area contributed by atoms with Crippen LogP contribution in [0.3, 0.4) is 0 Å². The molecule has 0 fully saturated rings. The van der Waals surface area contributed by atoms with Crippen LogP contribution in [0, 0.1) is 0 Å². The molecule has 1 aliphatic rings. The third kappa shape index (κ3) is 3.50. The normalized spacial score (nSPS) is 13.8. The second-order valence-corrected chi connectivity index (χ2v) is 13.7. The highest BCUT2D eigenvalue weighted by Crippen LogP contribution is 2.55. The third-order valence-corrected chi connectivity index (χ3v) is 11.0. The van der Waals surface area contributed by atoms with E-state index in [0.29, 0.717) is 0 Å². The summed E-state index contributed by atoms with van der Waals surface area (Å²) in [6.45, 7) is 11.0. The molecular weight excluding hydrogens is 565 g/mol. The highest BCUT2D eigenvalue weighted by molar-refractivity contribution is 7.20. The zero-order valence-corrected chi connectivity index (χ0v) is 26.4. The molecule has 0 aliphatic heterocycles. The molecule has 3 aromatic heterocycles. The van der Waals surface area contributed by atoms with Crippen LogP contribution in [0.5, 0.6) is 0 Å². The number of thiophene rings is 1. The van der Waals surface area contributed by atoms with E-state index in [1.807, 2.05) is 17.4 Å². The number of hydrogen-bond acceptors (Lipinski definition) is 1. The lowest BCUT2D eigenvalue weighted by Crippen LogP contribution is -2.14. The monoisotopic (exact) mass is 596 g/mol. The molecule has 0 saturated carbocycles. The van der Waals surface area contributed by atoms with Crippen LogP contribution in [0.2, 0.25) is 0 Å². The summed E-state index contributed by atoms with van der Waals surface area (Å²) in [6, 6.07) is 38.1. The average molecular weight is 597 g/mol. The smallest absolute Gasteiger partial charge is 0.0638 e. The predicted molar refractivity (Wildman–Crippen MR) is 196 cm³/mol. The third-order valence-electron chi connectivity index (χ3n) is 9.80. The van der Waals surface area contributed by atoms with Gasteiger partial charge in [-0.25, -0.2) is 0 Å². The number of benzene rings is 5. The van der Waals surface area contributed by atoms with Crippen LogP contribution in [0.25, 0.3) is 83.0 Å².